The van der Waals surface area contributed by atoms with Gasteiger partial charge in [-0.05, 0) is 73.0 Å². The maximum atomic E-state index is 15.3. The first-order valence-electron chi connectivity index (χ1n) is 15.3. The molecule has 4 aromatic rings. The third kappa shape index (κ3) is 6.32. The smallest absolute Gasteiger partial charge is 0.341 e. The Kier molecular flexibility index (Phi) is 7.94. The van der Waals surface area contributed by atoms with Crippen LogP contribution in [0.15, 0.2) is 71.7 Å². The second-order valence-corrected chi connectivity index (χ2v) is 11.8. The van der Waals surface area contributed by atoms with Crippen LogP contribution in [0.4, 0.5) is 15.8 Å². The van der Waals surface area contributed by atoms with Gasteiger partial charge < -0.3 is 29.4 Å². The van der Waals surface area contributed by atoms with Crippen LogP contribution in [0.2, 0.25) is 0 Å². The van der Waals surface area contributed by atoms with Crippen LogP contribution in [0.5, 0.6) is 11.5 Å². The number of aromatic nitrogens is 1. The number of hydrogen-bond acceptors (Lipinski definition) is 8. The van der Waals surface area contributed by atoms with Crippen molar-refractivity contribution in [2.75, 3.05) is 49.7 Å². The fourth-order valence-electron chi connectivity index (χ4n) is 5.96. The molecule has 0 spiro atoms. The van der Waals surface area contributed by atoms with Crippen molar-refractivity contribution in [3.05, 3.63) is 99.6 Å². The molecule has 1 aromatic heterocycles. The van der Waals surface area contributed by atoms with E-state index in [9.17, 15) is 24.3 Å². The monoisotopic (exact) mass is 638 g/mol. The van der Waals surface area contributed by atoms with Crippen LogP contribution in [-0.4, -0.2) is 71.7 Å². The van der Waals surface area contributed by atoms with Crippen LogP contribution in [0.3, 0.4) is 0 Å². The van der Waals surface area contributed by atoms with Gasteiger partial charge in [-0.15, -0.1) is 0 Å². The number of ketones is 1. The molecular weight excluding hydrogens is 607 g/mol. The minimum atomic E-state index is -1.33. The summed E-state index contributed by atoms with van der Waals surface area (Å²) >= 11 is 0. The maximum absolute atomic E-state index is 15.3. The number of piperazine rings is 1. The summed E-state index contributed by atoms with van der Waals surface area (Å²) in [5, 5.41) is 12.4. The number of pyridine rings is 1. The molecule has 3 heterocycles. The molecule has 0 atom stereocenters. The lowest BCUT2D eigenvalue weighted by Gasteiger charge is -2.36. The van der Waals surface area contributed by atoms with Crippen molar-refractivity contribution in [2.45, 2.75) is 18.9 Å². The second-order valence-electron chi connectivity index (χ2n) is 11.8. The molecule has 0 unspecified atom stereocenters. The summed E-state index contributed by atoms with van der Waals surface area (Å²) in [6, 6.07) is 15.0. The van der Waals surface area contributed by atoms with Crippen LogP contribution >= 0.6 is 0 Å². The average molecular weight is 639 g/mol. The number of halogens is 1. The lowest BCUT2D eigenvalue weighted by Crippen LogP contribution is -2.49. The van der Waals surface area contributed by atoms with Crippen molar-refractivity contribution in [1.82, 2.24) is 9.47 Å². The van der Waals surface area contributed by atoms with E-state index in [0.717, 1.165) is 24.5 Å². The summed E-state index contributed by atoms with van der Waals surface area (Å²) < 4.78 is 27.8. The fourth-order valence-corrected chi connectivity index (χ4v) is 5.96. The third-order valence-electron chi connectivity index (χ3n) is 8.63. The number of aromatic carboxylic acids is 1. The van der Waals surface area contributed by atoms with Crippen molar-refractivity contribution in [3.63, 3.8) is 0 Å². The van der Waals surface area contributed by atoms with Crippen LogP contribution in [0.1, 0.15) is 45.2 Å². The first-order valence-corrected chi connectivity index (χ1v) is 15.3. The number of ether oxygens (including phenoxy) is 2. The molecular formula is C35H31FN4O7. The van der Waals surface area contributed by atoms with Crippen molar-refractivity contribution < 1.29 is 33.4 Å². The highest BCUT2D eigenvalue weighted by molar-refractivity contribution is 6.07. The molecule has 3 aliphatic rings. The van der Waals surface area contributed by atoms with Gasteiger partial charge in [0.2, 0.25) is 18.1 Å². The number of allylic oxidation sites excluding steroid dienone is 1. The van der Waals surface area contributed by atoms with E-state index >= 15 is 4.39 Å². The number of fused-ring (bicyclic) bond motifs is 2. The normalized spacial score (nSPS) is 16.1. The molecule has 0 radical (unpaired) electrons. The van der Waals surface area contributed by atoms with Gasteiger partial charge in [-0.2, -0.15) is 0 Å². The summed E-state index contributed by atoms with van der Waals surface area (Å²) in [5.74, 6) is -0.990. The zero-order valence-electron chi connectivity index (χ0n) is 25.3. The first kappa shape index (κ1) is 30.2. The summed E-state index contributed by atoms with van der Waals surface area (Å²) in [6.45, 7) is 2.29. The lowest BCUT2D eigenvalue weighted by molar-refractivity contribution is -0.117. The third-order valence-corrected chi connectivity index (χ3v) is 8.63. The van der Waals surface area contributed by atoms with Gasteiger partial charge >= 0.3 is 5.97 Å². The van der Waals surface area contributed by atoms with Gasteiger partial charge in [-0.1, -0.05) is 12.1 Å². The van der Waals surface area contributed by atoms with E-state index in [1.807, 2.05) is 15.9 Å². The molecule has 240 valence electrons. The van der Waals surface area contributed by atoms with Gasteiger partial charge in [-0.3, -0.25) is 19.3 Å². The molecule has 2 fully saturated rings. The molecule has 11 nitrogen and oxygen atoms in total. The Balaban J connectivity index is 0.942. The number of carbonyl (C=O) groups is 3. The number of benzene rings is 3. The van der Waals surface area contributed by atoms with E-state index in [4.69, 9.17) is 9.47 Å². The summed E-state index contributed by atoms with van der Waals surface area (Å²) in [6.07, 6.45) is 6.29. The Morgan fingerprint density at radius 2 is 1.70 bits per heavy atom. The first-order chi connectivity index (χ1) is 22.7. The Morgan fingerprint density at radius 3 is 2.43 bits per heavy atom. The number of amides is 1. The number of carboxylic acid groups (broad SMARTS) is 1. The van der Waals surface area contributed by atoms with Gasteiger partial charge in [0, 0.05) is 55.1 Å². The number of anilines is 2. The molecule has 7 rings (SSSR count). The average Bonchev–Trinajstić information content (AvgIpc) is 3.80. The summed E-state index contributed by atoms with van der Waals surface area (Å²) in [4.78, 5) is 53.7. The molecule has 2 N–H and O–H groups in total. The molecule has 1 saturated carbocycles. The molecule has 1 amide bonds. The number of nitrogens with one attached hydrogen (secondary N) is 1. The van der Waals surface area contributed by atoms with Crippen molar-refractivity contribution in [3.8, 4) is 11.5 Å². The standard InChI is InChI=1S/C35H31FN4O7/c36-27-16-25-28(40(24-7-8-24)18-26(34(25)43)35(44)45)17-29(27)39-13-11-38(12-14-39)19-33(42)37-23-5-3-22(4-6-23)30(41)9-1-21-2-10-31-32(15-21)47-20-46-31/h1-6,9-10,15-18,24H,7-8,11-14,19-20H2,(H,37,42)(H,44,45)/b9-1+. The highest BCUT2D eigenvalue weighted by Crippen LogP contribution is 2.38. The minimum Gasteiger partial charge on any atom is -0.477 e. The van der Waals surface area contributed by atoms with Gasteiger partial charge in [0.05, 0.1) is 17.7 Å². The van der Waals surface area contributed by atoms with Crippen LogP contribution in [0, 0.1) is 5.82 Å². The minimum absolute atomic E-state index is 0.0588. The van der Waals surface area contributed by atoms with Crippen molar-refractivity contribution in [1.29, 1.82) is 0 Å². The SMILES string of the molecule is O=C(CN1CCN(c2cc3c(cc2F)c(=O)c(C(=O)O)cn3C2CC2)CC1)Nc1ccc(C(=O)/C=C/c2ccc3c(c2)OCO3)cc1. The van der Waals surface area contributed by atoms with E-state index in [-0.39, 0.29) is 42.0 Å². The van der Waals surface area contributed by atoms with E-state index in [0.29, 0.717) is 60.1 Å². The number of hydrogen-bond donors (Lipinski definition) is 2. The quantitative estimate of drug-likeness (QED) is 0.200. The number of nitrogens with zero attached hydrogens (tertiary/aromatic N) is 3. The Morgan fingerprint density at radius 1 is 0.957 bits per heavy atom. The number of rotatable bonds is 9. The zero-order chi connectivity index (χ0) is 32.7. The Labute approximate surface area is 268 Å². The molecule has 2 aliphatic heterocycles. The van der Waals surface area contributed by atoms with E-state index in [2.05, 4.69) is 5.32 Å². The van der Waals surface area contributed by atoms with Crippen molar-refractivity contribution >= 4 is 46.0 Å². The highest BCUT2D eigenvalue weighted by atomic mass is 19.1. The number of carboxylic acids is 1. The van der Waals surface area contributed by atoms with Crippen LogP contribution in [-0.2, 0) is 4.79 Å². The fraction of sp³-hybridized carbons (Fsp3) is 0.257. The lowest BCUT2D eigenvalue weighted by atomic mass is 10.1. The van der Waals surface area contributed by atoms with Crippen LogP contribution < -0.4 is 25.1 Å². The molecule has 3 aromatic carbocycles. The van der Waals surface area contributed by atoms with E-state index < -0.39 is 17.2 Å². The highest BCUT2D eigenvalue weighted by Gasteiger charge is 2.29. The summed E-state index contributed by atoms with van der Waals surface area (Å²) in [5.41, 5.74) is 1.67. The largest absolute Gasteiger partial charge is 0.477 e. The predicted octanol–water partition coefficient (Wildman–Crippen LogP) is 4.56. The van der Waals surface area contributed by atoms with E-state index in [1.165, 1.54) is 12.3 Å². The molecule has 12 heteroatoms. The van der Waals surface area contributed by atoms with Gasteiger partial charge in [0.15, 0.2) is 17.3 Å². The molecule has 1 saturated heterocycles. The Hall–Kier alpha value is -5.49. The zero-order valence-corrected chi connectivity index (χ0v) is 25.3. The molecule has 47 heavy (non-hydrogen) atoms. The Bertz CT molecular complexity index is 1990. The number of carbonyl (C=O) groups excluding carboxylic acids is 2. The van der Waals surface area contributed by atoms with Gasteiger partial charge in [-0.25, -0.2) is 9.18 Å². The molecule has 0 bridgehead atoms. The van der Waals surface area contributed by atoms with E-state index in [1.54, 1.807) is 53.1 Å². The summed E-state index contributed by atoms with van der Waals surface area (Å²) in [7, 11) is 0. The maximum Gasteiger partial charge on any atom is 0.341 e. The predicted molar refractivity (Wildman–Crippen MR) is 173 cm³/mol. The topological polar surface area (TPSA) is 130 Å². The molecule has 1 aliphatic carbocycles. The second kappa shape index (κ2) is 12.4. The van der Waals surface area contributed by atoms with Crippen molar-refractivity contribution in [2.24, 2.45) is 0 Å². The van der Waals surface area contributed by atoms with Crippen LogP contribution in [0.25, 0.3) is 17.0 Å². The van der Waals surface area contributed by atoms with Gasteiger partial charge in [0.25, 0.3) is 0 Å². The van der Waals surface area contributed by atoms with Gasteiger partial charge in [0.1, 0.15) is 11.4 Å².